The van der Waals surface area contributed by atoms with Crippen molar-refractivity contribution in [3.05, 3.63) is 0 Å². The molecule has 11 nitrogen and oxygen atoms in total. The predicted molar refractivity (Wildman–Crippen MR) is 134 cm³/mol. The number of carbonyl (C=O) groups excluding carboxylic acids is 4. The molecule has 5 fully saturated rings. The number of hydrogen-bond acceptors (Lipinski definition) is 7. The Kier molecular flexibility index (Phi) is 10.4. The third kappa shape index (κ3) is 8.07. The van der Waals surface area contributed by atoms with E-state index in [1.54, 1.807) is 0 Å². The Labute approximate surface area is 230 Å². The van der Waals surface area contributed by atoms with E-state index in [1.807, 2.05) is 0 Å². The Morgan fingerprint density at radius 1 is 1.05 bits per heavy atom. The molecular formula is C26H39F3N4O7. The first-order valence-corrected chi connectivity index (χ1v) is 13.8. The van der Waals surface area contributed by atoms with Crippen molar-refractivity contribution >= 4 is 29.7 Å². The summed E-state index contributed by atoms with van der Waals surface area (Å²) in [6.45, 7) is 0.336. The van der Waals surface area contributed by atoms with Gasteiger partial charge in [0.25, 0.3) is 0 Å². The van der Waals surface area contributed by atoms with E-state index in [-0.39, 0.29) is 42.6 Å². The molecule has 0 aromatic heterocycles. The van der Waals surface area contributed by atoms with Gasteiger partial charge in [0.2, 0.25) is 17.7 Å². The number of nitrogens with zero attached hydrogens (tertiary/aromatic N) is 1. The monoisotopic (exact) mass is 576 g/mol. The molecule has 3 amide bonds. The van der Waals surface area contributed by atoms with Crippen LogP contribution in [0.1, 0.15) is 70.6 Å². The summed E-state index contributed by atoms with van der Waals surface area (Å²) < 4.78 is 36.5. The Hall–Kier alpha value is -2.90. The minimum Gasteiger partial charge on any atom is -0.475 e. The van der Waals surface area contributed by atoms with Crippen molar-refractivity contribution in [1.82, 2.24) is 15.5 Å². The summed E-state index contributed by atoms with van der Waals surface area (Å²) in [6.07, 6.45) is 4.13. The van der Waals surface area contributed by atoms with Crippen LogP contribution in [0.5, 0.6) is 0 Å². The molecule has 2 atom stereocenters. The second-order valence-electron chi connectivity index (χ2n) is 11.5. The van der Waals surface area contributed by atoms with Crippen molar-refractivity contribution in [3.63, 3.8) is 0 Å². The number of rotatable bonds is 8. The fourth-order valence-electron chi connectivity index (χ4n) is 7.13. The maximum Gasteiger partial charge on any atom is 0.490 e. The van der Waals surface area contributed by atoms with Crippen molar-refractivity contribution in [2.24, 2.45) is 23.5 Å². The maximum atomic E-state index is 13.4. The zero-order valence-electron chi connectivity index (χ0n) is 22.6. The SMILES string of the molecule is COC(=O)CC[C@H](NC(=O)[C@@H]1CCCCN1C(=O)CN)C(=O)NC12CC3CC(CC(C3)C1)C2.O=C(O)C(F)(F)F. The highest BCUT2D eigenvalue weighted by Crippen LogP contribution is 2.55. The quantitative estimate of drug-likeness (QED) is 0.315. The number of nitrogens with two attached hydrogens (primary N) is 1. The minimum absolute atomic E-state index is 0.0336. The smallest absolute Gasteiger partial charge is 0.475 e. The fraction of sp³-hybridized carbons (Fsp3) is 0.808. The van der Waals surface area contributed by atoms with E-state index < -0.39 is 30.2 Å². The fourth-order valence-corrected chi connectivity index (χ4v) is 7.13. The molecule has 4 aliphatic carbocycles. The van der Waals surface area contributed by atoms with Gasteiger partial charge in [-0.05, 0) is 82.0 Å². The normalized spacial score (nSPS) is 29.5. The van der Waals surface area contributed by atoms with Crippen molar-refractivity contribution in [1.29, 1.82) is 0 Å². The van der Waals surface area contributed by atoms with Gasteiger partial charge in [0, 0.05) is 18.5 Å². The molecule has 0 aromatic rings. The molecule has 5 N–H and O–H groups in total. The lowest BCUT2D eigenvalue weighted by atomic mass is 9.53. The Bertz CT molecular complexity index is 939. The number of methoxy groups -OCH3 is 1. The molecule has 5 rings (SSSR count). The van der Waals surface area contributed by atoms with Gasteiger partial charge in [-0.3, -0.25) is 19.2 Å². The van der Waals surface area contributed by atoms with Crippen LogP contribution in [0.4, 0.5) is 13.2 Å². The van der Waals surface area contributed by atoms with Crippen LogP contribution in [0.25, 0.3) is 0 Å². The van der Waals surface area contributed by atoms with Crippen LogP contribution in [-0.2, 0) is 28.7 Å². The summed E-state index contributed by atoms with van der Waals surface area (Å²) in [4.78, 5) is 61.1. The number of alkyl halides is 3. The lowest BCUT2D eigenvalue weighted by Gasteiger charge is -2.57. The summed E-state index contributed by atoms with van der Waals surface area (Å²) in [5.74, 6) is -2.00. The van der Waals surface area contributed by atoms with Crippen LogP contribution in [0.2, 0.25) is 0 Å². The van der Waals surface area contributed by atoms with Crippen molar-refractivity contribution in [2.75, 3.05) is 20.2 Å². The highest BCUT2D eigenvalue weighted by atomic mass is 19.4. The highest BCUT2D eigenvalue weighted by Gasteiger charge is 2.52. The third-order valence-electron chi connectivity index (χ3n) is 8.47. The standard InChI is InChI=1S/C24H38N4O5.C2HF3O2/c1-33-21(30)6-5-18(26-23(32)19-4-2-3-7-28(19)20(29)14-25)22(31)27-24-11-15-8-16(12-24)10-17(9-15)13-24;3-2(4,5)1(6)7/h15-19H,2-14,25H2,1H3,(H,26,32)(H,27,31);(H,6,7)/t15?,16?,17?,18-,19-,24?;/m0./s1. The predicted octanol–water partition coefficient (Wildman–Crippen LogP) is 1.48. The van der Waals surface area contributed by atoms with Gasteiger partial charge in [-0.1, -0.05) is 0 Å². The number of ether oxygens (including phenoxy) is 1. The molecule has 0 spiro atoms. The molecule has 1 saturated heterocycles. The van der Waals surface area contributed by atoms with Crippen molar-refractivity contribution in [3.8, 4) is 0 Å². The molecule has 5 aliphatic rings. The number of aliphatic carboxylic acids is 1. The highest BCUT2D eigenvalue weighted by molar-refractivity contribution is 5.93. The Morgan fingerprint density at radius 2 is 1.60 bits per heavy atom. The van der Waals surface area contributed by atoms with E-state index in [0.29, 0.717) is 30.7 Å². The first-order chi connectivity index (χ1) is 18.8. The van der Waals surface area contributed by atoms with Crippen molar-refractivity contribution in [2.45, 2.75) is 94.4 Å². The van der Waals surface area contributed by atoms with E-state index in [2.05, 4.69) is 10.6 Å². The van der Waals surface area contributed by atoms with Crippen LogP contribution in [-0.4, -0.2) is 83.7 Å². The molecule has 1 heterocycles. The van der Waals surface area contributed by atoms with Crippen LogP contribution in [0, 0.1) is 17.8 Å². The Morgan fingerprint density at radius 3 is 2.08 bits per heavy atom. The largest absolute Gasteiger partial charge is 0.490 e. The molecule has 0 unspecified atom stereocenters. The minimum atomic E-state index is -5.08. The van der Waals surface area contributed by atoms with Gasteiger partial charge in [-0.2, -0.15) is 13.2 Å². The van der Waals surface area contributed by atoms with E-state index in [1.165, 1.54) is 31.3 Å². The number of amides is 3. The number of piperidine rings is 1. The van der Waals surface area contributed by atoms with Gasteiger partial charge in [0.1, 0.15) is 12.1 Å². The average Bonchev–Trinajstić information content (AvgIpc) is 2.88. The first kappa shape index (κ1) is 31.6. The second-order valence-corrected chi connectivity index (χ2v) is 11.5. The van der Waals surface area contributed by atoms with Crippen LogP contribution < -0.4 is 16.4 Å². The molecule has 0 aromatic carbocycles. The number of hydrogen-bond donors (Lipinski definition) is 4. The summed E-state index contributed by atoms with van der Waals surface area (Å²) in [6, 6.07) is -1.48. The topological polar surface area (TPSA) is 168 Å². The molecule has 40 heavy (non-hydrogen) atoms. The number of halogens is 3. The molecule has 14 heteroatoms. The van der Waals surface area contributed by atoms with E-state index >= 15 is 0 Å². The third-order valence-corrected chi connectivity index (χ3v) is 8.47. The Balaban J connectivity index is 0.000000559. The lowest BCUT2D eigenvalue weighted by molar-refractivity contribution is -0.192. The zero-order valence-corrected chi connectivity index (χ0v) is 22.6. The number of carboxylic acids is 1. The average molecular weight is 577 g/mol. The number of carboxylic acid groups (broad SMARTS) is 1. The summed E-state index contributed by atoms with van der Waals surface area (Å²) in [5.41, 5.74) is 5.35. The number of carbonyl (C=O) groups is 5. The van der Waals surface area contributed by atoms with Gasteiger partial charge in [-0.25, -0.2) is 4.79 Å². The summed E-state index contributed by atoms with van der Waals surface area (Å²) in [5, 5.41) is 13.3. The zero-order chi connectivity index (χ0) is 29.7. The number of esters is 1. The van der Waals surface area contributed by atoms with Crippen LogP contribution in [0.15, 0.2) is 0 Å². The molecular weight excluding hydrogens is 537 g/mol. The molecule has 1 aliphatic heterocycles. The van der Waals surface area contributed by atoms with Gasteiger partial charge >= 0.3 is 18.1 Å². The number of nitrogens with one attached hydrogen (secondary N) is 2. The molecule has 4 saturated carbocycles. The molecule has 226 valence electrons. The van der Waals surface area contributed by atoms with Gasteiger partial charge in [-0.15, -0.1) is 0 Å². The van der Waals surface area contributed by atoms with E-state index in [0.717, 1.165) is 32.1 Å². The number of likely N-dealkylation sites (tertiary alicyclic amines) is 1. The maximum absolute atomic E-state index is 13.4. The van der Waals surface area contributed by atoms with E-state index in [9.17, 15) is 32.3 Å². The van der Waals surface area contributed by atoms with Crippen LogP contribution in [0.3, 0.4) is 0 Å². The van der Waals surface area contributed by atoms with Crippen LogP contribution >= 0.6 is 0 Å². The summed E-state index contributed by atoms with van der Waals surface area (Å²) in [7, 11) is 1.31. The van der Waals surface area contributed by atoms with Gasteiger partial charge in [0.15, 0.2) is 0 Å². The first-order valence-electron chi connectivity index (χ1n) is 13.8. The van der Waals surface area contributed by atoms with Crippen molar-refractivity contribution < 1.29 is 47.0 Å². The second kappa shape index (κ2) is 13.2. The van der Waals surface area contributed by atoms with Gasteiger partial charge in [0.05, 0.1) is 13.7 Å². The molecule has 4 bridgehead atoms. The van der Waals surface area contributed by atoms with E-state index in [4.69, 9.17) is 20.4 Å². The summed E-state index contributed by atoms with van der Waals surface area (Å²) >= 11 is 0. The molecule has 0 radical (unpaired) electrons. The lowest BCUT2D eigenvalue weighted by Crippen LogP contribution is -2.63. The van der Waals surface area contributed by atoms with Gasteiger partial charge < -0.3 is 31.1 Å².